The van der Waals surface area contributed by atoms with E-state index in [-0.39, 0.29) is 23.9 Å². The van der Waals surface area contributed by atoms with Crippen LogP contribution in [0.5, 0.6) is 11.5 Å². The molecule has 0 aliphatic carbocycles. The van der Waals surface area contributed by atoms with E-state index in [0.29, 0.717) is 42.7 Å². The summed E-state index contributed by atoms with van der Waals surface area (Å²) in [6.45, 7) is 6.66. The minimum atomic E-state index is -0.114. The average molecular weight is 508 g/mol. The number of hydrogen-bond donors (Lipinski definition) is 1. The SMILES string of the molecule is COCCCOc1cc(C(=O)N(C(C)C)C2CNCCC2c2nc(-c3ccccc3)co2)ccc1OC. The number of oxazole rings is 1. The minimum absolute atomic E-state index is 0.0203. The first-order chi connectivity index (χ1) is 18.0. The zero-order chi connectivity index (χ0) is 26.2. The van der Waals surface area contributed by atoms with Gasteiger partial charge in [0.05, 0.1) is 25.7 Å². The maximum atomic E-state index is 13.9. The summed E-state index contributed by atoms with van der Waals surface area (Å²) in [7, 11) is 3.26. The highest BCUT2D eigenvalue weighted by molar-refractivity contribution is 5.95. The second-order valence-corrected chi connectivity index (χ2v) is 9.47. The summed E-state index contributed by atoms with van der Waals surface area (Å²) in [4.78, 5) is 20.7. The summed E-state index contributed by atoms with van der Waals surface area (Å²) >= 11 is 0. The number of methoxy groups -OCH3 is 2. The van der Waals surface area contributed by atoms with Gasteiger partial charge in [0.25, 0.3) is 5.91 Å². The number of hydrogen-bond acceptors (Lipinski definition) is 7. The molecule has 2 unspecified atom stereocenters. The van der Waals surface area contributed by atoms with Gasteiger partial charge in [-0.05, 0) is 45.0 Å². The Morgan fingerprint density at radius 1 is 1.14 bits per heavy atom. The van der Waals surface area contributed by atoms with Crippen LogP contribution < -0.4 is 14.8 Å². The van der Waals surface area contributed by atoms with Gasteiger partial charge in [-0.15, -0.1) is 0 Å². The Balaban J connectivity index is 1.59. The summed E-state index contributed by atoms with van der Waals surface area (Å²) in [5.74, 6) is 1.73. The van der Waals surface area contributed by atoms with Gasteiger partial charge < -0.3 is 28.8 Å². The van der Waals surface area contributed by atoms with Gasteiger partial charge in [-0.25, -0.2) is 4.98 Å². The number of piperidine rings is 1. The fourth-order valence-corrected chi connectivity index (χ4v) is 4.85. The van der Waals surface area contributed by atoms with Gasteiger partial charge >= 0.3 is 0 Å². The number of rotatable bonds is 11. The number of carbonyl (C=O) groups is 1. The number of aromatic nitrogens is 1. The van der Waals surface area contributed by atoms with Gasteiger partial charge in [0, 0.05) is 43.9 Å². The highest BCUT2D eigenvalue weighted by Crippen LogP contribution is 2.34. The van der Waals surface area contributed by atoms with Crippen molar-refractivity contribution in [3.63, 3.8) is 0 Å². The third kappa shape index (κ3) is 6.32. The number of amides is 1. The van der Waals surface area contributed by atoms with Crippen LogP contribution in [0.2, 0.25) is 0 Å². The van der Waals surface area contributed by atoms with Crippen molar-refractivity contribution in [2.75, 3.05) is 40.5 Å². The Bertz CT molecular complexity index is 1150. The predicted molar refractivity (Wildman–Crippen MR) is 142 cm³/mol. The predicted octanol–water partition coefficient (Wildman–Crippen LogP) is 4.76. The molecule has 1 N–H and O–H groups in total. The minimum Gasteiger partial charge on any atom is -0.493 e. The molecule has 1 saturated heterocycles. The Kier molecular flexibility index (Phi) is 9.19. The molecule has 2 atom stereocenters. The van der Waals surface area contributed by atoms with Crippen molar-refractivity contribution < 1.29 is 23.4 Å². The fourth-order valence-electron chi connectivity index (χ4n) is 4.85. The van der Waals surface area contributed by atoms with E-state index in [9.17, 15) is 4.79 Å². The molecule has 0 spiro atoms. The lowest BCUT2D eigenvalue weighted by molar-refractivity contribution is 0.0519. The zero-order valence-corrected chi connectivity index (χ0v) is 22.1. The highest BCUT2D eigenvalue weighted by Gasteiger charge is 2.38. The zero-order valence-electron chi connectivity index (χ0n) is 22.1. The van der Waals surface area contributed by atoms with Crippen molar-refractivity contribution >= 4 is 5.91 Å². The van der Waals surface area contributed by atoms with Crippen LogP contribution in [0.3, 0.4) is 0 Å². The highest BCUT2D eigenvalue weighted by atomic mass is 16.5. The molecule has 198 valence electrons. The summed E-state index contributed by atoms with van der Waals surface area (Å²) in [5.41, 5.74) is 2.37. The van der Waals surface area contributed by atoms with Gasteiger partial charge in [-0.3, -0.25) is 4.79 Å². The molecular weight excluding hydrogens is 470 g/mol. The van der Waals surface area contributed by atoms with E-state index < -0.39 is 0 Å². The van der Waals surface area contributed by atoms with Crippen molar-refractivity contribution in [2.45, 2.75) is 44.7 Å². The number of nitrogens with zero attached hydrogens (tertiary/aromatic N) is 2. The summed E-state index contributed by atoms with van der Waals surface area (Å²) < 4.78 is 22.5. The second-order valence-electron chi connectivity index (χ2n) is 9.47. The van der Waals surface area contributed by atoms with E-state index in [2.05, 4.69) is 5.32 Å². The van der Waals surface area contributed by atoms with E-state index in [1.165, 1.54) is 0 Å². The second kappa shape index (κ2) is 12.7. The summed E-state index contributed by atoms with van der Waals surface area (Å²) in [5, 5.41) is 3.46. The van der Waals surface area contributed by atoms with Crippen LogP contribution in [0.1, 0.15) is 48.9 Å². The van der Waals surface area contributed by atoms with E-state index in [4.69, 9.17) is 23.6 Å². The van der Waals surface area contributed by atoms with Crippen molar-refractivity contribution in [1.29, 1.82) is 0 Å². The van der Waals surface area contributed by atoms with Crippen molar-refractivity contribution in [3.05, 3.63) is 66.2 Å². The molecule has 1 fully saturated rings. The molecule has 1 amide bonds. The standard InChI is InChI=1S/C29H37N3O5/c1-20(2)32(29(33)22-11-12-26(35-4)27(17-22)36-16-8-15-34-3)25-18-30-14-13-23(25)28-31-24(19-37-28)21-9-6-5-7-10-21/h5-7,9-12,17,19-20,23,25,30H,8,13-16,18H2,1-4H3. The summed E-state index contributed by atoms with van der Waals surface area (Å²) in [6, 6.07) is 15.2. The van der Waals surface area contributed by atoms with Crippen LogP contribution in [0, 0.1) is 0 Å². The molecular formula is C29H37N3O5. The molecule has 2 heterocycles. The smallest absolute Gasteiger partial charge is 0.254 e. The number of benzene rings is 2. The Morgan fingerprint density at radius 2 is 1.95 bits per heavy atom. The van der Waals surface area contributed by atoms with Crippen LogP contribution >= 0.6 is 0 Å². The van der Waals surface area contributed by atoms with Gasteiger partial charge in [0.15, 0.2) is 17.4 Å². The molecule has 1 aromatic heterocycles. The molecule has 1 aliphatic heterocycles. The van der Waals surface area contributed by atoms with Crippen molar-refractivity contribution in [1.82, 2.24) is 15.2 Å². The first kappa shape index (κ1) is 26.7. The van der Waals surface area contributed by atoms with Crippen molar-refractivity contribution in [3.8, 4) is 22.8 Å². The molecule has 0 bridgehead atoms. The third-order valence-electron chi connectivity index (χ3n) is 6.67. The molecule has 1 aliphatic rings. The molecule has 0 saturated carbocycles. The average Bonchev–Trinajstić information content (AvgIpc) is 3.42. The number of ether oxygens (including phenoxy) is 3. The lowest BCUT2D eigenvalue weighted by Crippen LogP contribution is -2.55. The summed E-state index contributed by atoms with van der Waals surface area (Å²) in [6.07, 6.45) is 3.28. The van der Waals surface area contributed by atoms with Crippen LogP contribution in [0.4, 0.5) is 0 Å². The van der Waals surface area contributed by atoms with Crippen LogP contribution in [-0.2, 0) is 4.74 Å². The first-order valence-corrected chi connectivity index (χ1v) is 12.9. The van der Waals surface area contributed by atoms with E-state index in [1.54, 1.807) is 38.7 Å². The van der Waals surface area contributed by atoms with Crippen molar-refractivity contribution in [2.24, 2.45) is 0 Å². The largest absolute Gasteiger partial charge is 0.493 e. The molecule has 2 aromatic carbocycles. The van der Waals surface area contributed by atoms with Crippen LogP contribution in [0.25, 0.3) is 11.3 Å². The lowest BCUT2D eigenvalue weighted by Gasteiger charge is -2.41. The maximum absolute atomic E-state index is 13.9. The van der Waals surface area contributed by atoms with Gasteiger partial charge in [-0.2, -0.15) is 0 Å². The monoisotopic (exact) mass is 507 g/mol. The topological polar surface area (TPSA) is 86.1 Å². The normalized spacial score (nSPS) is 17.5. The van der Waals surface area contributed by atoms with E-state index in [1.807, 2.05) is 49.1 Å². The quantitative estimate of drug-likeness (QED) is 0.375. The molecule has 8 heteroatoms. The van der Waals surface area contributed by atoms with E-state index in [0.717, 1.165) is 30.6 Å². The van der Waals surface area contributed by atoms with Gasteiger partial charge in [0.1, 0.15) is 12.0 Å². The molecule has 37 heavy (non-hydrogen) atoms. The van der Waals surface area contributed by atoms with Crippen LogP contribution in [-0.4, -0.2) is 68.4 Å². The van der Waals surface area contributed by atoms with E-state index >= 15 is 0 Å². The maximum Gasteiger partial charge on any atom is 0.254 e. The molecule has 0 radical (unpaired) electrons. The molecule has 4 rings (SSSR count). The Hall–Kier alpha value is -3.36. The fraction of sp³-hybridized carbons (Fsp3) is 0.448. The number of nitrogens with one attached hydrogen (secondary N) is 1. The third-order valence-corrected chi connectivity index (χ3v) is 6.67. The number of carbonyl (C=O) groups excluding carboxylic acids is 1. The Morgan fingerprint density at radius 3 is 2.68 bits per heavy atom. The first-order valence-electron chi connectivity index (χ1n) is 12.9. The molecule has 8 nitrogen and oxygen atoms in total. The van der Waals surface area contributed by atoms with Gasteiger partial charge in [0.2, 0.25) is 0 Å². The molecule has 3 aromatic rings. The Labute approximate surface area is 218 Å². The van der Waals surface area contributed by atoms with Crippen LogP contribution in [0.15, 0.2) is 59.2 Å². The lowest BCUT2D eigenvalue weighted by atomic mass is 9.89. The van der Waals surface area contributed by atoms with Gasteiger partial charge in [-0.1, -0.05) is 30.3 Å².